The van der Waals surface area contributed by atoms with Crippen LogP contribution in [0.25, 0.3) is 147 Å². The van der Waals surface area contributed by atoms with Crippen molar-refractivity contribution in [1.29, 1.82) is 0 Å². The van der Waals surface area contributed by atoms with E-state index < -0.39 is 0 Å². The van der Waals surface area contributed by atoms with Crippen LogP contribution in [0.3, 0.4) is 0 Å². The van der Waals surface area contributed by atoms with Crippen molar-refractivity contribution in [2.45, 2.75) is 0 Å². The summed E-state index contributed by atoms with van der Waals surface area (Å²) in [6, 6.07) is 92.9. The molecule has 1 nitrogen and oxygen atoms in total. The Hall–Kier alpha value is -9.04. The molecule has 0 saturated heterocycles. The van der Waals surface area contributed by atoms with E-state index >= 15 is 0 Å². The number of aromatic nitrogens is 1. The van der Waals surface area contributed by atoms with Gasteiger partial charge in [0.05, 0.1) is 11.0 Å². The van der Waals surface area contributed by atoms with Crippen LogP contribution in [0, 0.1) is 0 Å². The lowest BCUT2D eigenvalue weighted by atomic mass is 9.84. The van der Waals surface area contributed by atoms with Gasteiger partial charge < -0.3 is 4.57 Å². The van der Waals surface area contributed by atoms with E-state index in [1.165, 1.54) is 141 Å². The van der Waals surface area contributed by atoms with E-state index in [1.54, 1.807) is 0 Å². The predicted octanol–water partition coefficient (Wildman–Crippen LogP) is 19.0. The molecule has 1 aromatic heterocycles. The maximum absolute atomic E-state index is 2.47. The quantitative estimate of drug-likeness (QED) is 0.155. The minimum atomic E-state index is 1.16. The SMILES string of the molecule is c1ccc(-c2c3ccccc3c(-c3ccc4cc5cc(-n6c7ccc8ccccc8c7c7c8ccccc8ccc76)ccc5cc4c3)c3ccc(-c4ccc5cc6ccccc6cc5c4)cc23)cc1. The molecule has 0 aliphatic heterocycles. The number of rotatable bonds is 4. The molecular weight excluding hydrogens is 831 g/mol. The van der Waals surface area contributed by atoms with Gasteiger partial charge >= 0.3 is 0 Å². The third-order valence-corrected chi connectivity index (χ3v) is 15.0. The van der Waals surface area contributed by atoms with Crippen LogP contribution in [0.4, 0.5) is 0 Å². The molecule has 0 aliphatic carbocycles. The van der Waals surface area contributed by atoms with Gasteiger partial charge in [-0.3, -0.25) is 0 Å². The molecule has 318 valence electrons. The van der Waals surface area contributed by atoms with Gasteiger partial charge in [-0.1, -0.05) is 182 Å². The van der Waals surface area contributed by atoms with Crippen LogP contribution in [-0.2, 0) is 0 Å². The first-order chi connectivity index (χ1) is 34.2. The molecule has 0 aliphatic rings. The van der Waals surface area contributed by atoms with Crippen LogP contribution < -0.4 is 0 Å². The third-order valence-electron chi connectivity index (χ3n) is 15.0. The van der Waals surface area contributed by atoms with Gasteiger partial charge in [0.1, 0.15) is 0 Å². The topological polar surface area (TPSA) is 4.93 Å². The number of hydrogen-bond donors (Lipinski definition) is 0. The zero-order valence-corrected chi connectivity index (χ0v) is 37.6. The summed E-state index contributed by atoms with van der Waals surface area (Å²) in [5, 5.41) is 22.7. The molecule has 0 amide bonds. The molecule has 0 unspecified atom stereocenters. The second-order valence-corrected chi connectivity index (χ2v) is 18.8. The van der Waals surface area contributed by atoms with Crippen LogP contribution in [0.2, 0.25) is 0 Å². The summed E-state index contributed by atoms with van der Waals surface area (Å²) in [6.07, 6.45) is 0. The Labute approximate surface area is 398 Å². The molecular formula is C68H41N. The van der Waals surface area contributed by atoms with Gasteiger partial charge in [-0.15, -0.1) is 0 Å². The van der Waals surface area contributed by atoms with Crippen molar-refractivity contribution >= 4 is 108 Å². The molecule has 15 aromatic rings. The Morgan fingerprint density at radius 1 is 0.203 bits per heavy atom. The molecule has 1 heterocycles. The predicted molar refractivity (Wildman–Crippen MR) is 297 cm³/mol. The van der Waals surface area contributed by atoms with E-state index in [1.807, 2.05) is 0 Å². The highest BCUT2D eigenvalue weighted by molar-refractivity contribution is 6.29. The normalized spacial score (nSPS) is 12.1. The van der Waals surface area contributed by atoms with Crippen molar-refractivity contribution in [2.24, 2.45) is 0 Å². The highest BCUT2D eigenvalue weighted by atomic mass is 15.0. The molecule has 69 heavy (non-hydrogen) atoms. The Morgan fingerprint density at radius 3 is 1.23 bits per heavy atom. The summed E-state index contributed by atoms with van der Waals surface area (Å²) >= 11 is 0. The first-order valence-electron chi connectivity index (χ1n) is 24.0. The largest absolute Gasteiger partial charge is 0.309 e. The molecule has 0 radical (unpaired) electrons. The fraction of sp³-hybridized carbons (Fsp3) is 0. The monoisotopic (exact) mass is 871 g/mol. The summed E-state index contributed by atoms with van der Waals surface area (Å²) in [7, 11) is 0. The number of nitrogens with zero attached hydrogens (tertiary/aromatic N) is 1. The van der Waals surface area contributed by atoms with Crippen molar-refractivity contribution in [3.63, 3.8) is 0 Å². The van der Waals surface area contributed by atoms with Gasteiger partial charge in [0, 0.05) is 16.5 Å². The van der Waals surface area contributed by atoms with Crippen LogP contribution in [0.15, 0.2) is 249 Å². The summed E-state index contributed by atoms with van der Waals surface area (Å²) in [6.45, 7) is 0. The number of hydrogen-bond acceptors (Lipinski definition) is 0. The van der Waals surface area contributed by atoms with Crippen molar-refractivity contribution in [3.05, 3.63) is 249 Å². The van der Waals surface area contributed by atoms with Gasteiger partial charge in [0.2, 0.25) is 0 Å². The molecule has 15 rings (SSSR count). The molecule has 0 bridgehead atoms. The van der Waals surface area contributed by atoms with E-state index in [0.717, 1.165) is 5.69 Å². The lowest BCUT2D eigenvalue weighted by molar-refractivity contribution is 1.19. The minimum absolute atomic E-state index is 1.16. The van der Waals surface area contributed by atoms with Crippen LogP contribution in [-0.4, -0.2) is 4.57 Å². The van der Waals surface area contributed by atoms with E-state index in [4.69, 9.17) is 0 Å². The Balaban J connectivity index is 0.905. The molecule has 0 N–H and O–H groups in total. The fourth-order valence-corrected chi connectivity index (χ4v) is 11.8. The van der Waals surface area contributed by atoms with Gasteiger partial charge in [-0.05, 0) is 186 Å². The molecule has 0 fully saturated rings. The fourth-order valence-electron chi connectivity index (χ4n) is 11.8. The van der Waals surface area contributed by atoms with Gasteiger partial charge in [-0.2, -0.15) is 0 Å². The lowest BCUT2D eigenvalue weighted by Gasteiger charge is -2.19. The van der Waals surface area contributed by atoms with Crippen LogP contribution >= 0.6 is 0 Å². The first-order valence-corrected chi connectivity index (χ1v) is 24.0. The Morgan fingerprint density at radius 2 is 0.609 bits per heavy atom. The van der Waals surface area contributed by atoms with Crippen molar-refractivity contribution in [3.8, 4) is 39.1 Å². The first kappa shape index (κ1) is 38.1. The van der Waals surface area contributed by atoms with E-state index in [2.05, 4.69) is 253 Å². The molecule has 1 heteroatoms. The zero-order chi connectivity index (χ0) is 45.2. The molecule has 14 aromatic carbocycles. The van der Waals surface area contributed by atoms with E-state index in [0.29, 0.717) is 0 Å². The maximum atomic E-state index is 2.47. The molecule has 0 saturated carbocycles. The summed E-state index contributed by atoms with van der Waals surface area (Å²) < 4.78 is 2.47. The third kappa shape index (κ3) is 5.84. The van der Waals surface area contributed by atoms with Gasteiger partial charge in [-0.25, -0.2) is 0 Å². The van der Waals surface area contributed by atoms with E-state index in [9.17, 15) is 0 Å². The highest BCUT2D eigenvalue weighted by Crippen LogP contribution is 2.46. The van der Waals surface area contributed by atoms with Crippen molar-refractivity contribution in [1.82, 2.24) is 4.57 Å². The summed E-state index contributed by atoms with van der Waals surface area (Å²) in [5.41, 5.74) is 11.0. The Kier molecular flexibility index (Phi) is 8.13. The second-order valence-electron chi connectivity index (χ2n) is 18.8. The molecule has 0 spiro atoms. The smallest absolute Gasteiger partial charge is 0.0547 e. The Bertz CT molecular complexity index is 4560. The lowest BCUT2D eigenvalue weighted by Crippen LogP contribution is -1.94. The summed E-state index contributed by atoms with van der Waals surface area (Å²) in [5.74, 6) is 0. The minimum Gasteiger partial charge on any atom is -0.309 e. The van der Waals surface area contributed by atoms with E-state index in [-0.39, 0.29) is 0 Å². The van der Waals surface area contributed by atoms with Crippen LogP contribution in [0.1, 0.15) is 0 Å². The van der Waals surface area contributed by atoms with Crippen molar-refractivity contribution in [2.75, 3.05) is 0 Å². The van der Waals surface area contributed by atoms with Crippen molar-refractivity contribution < 1.29 is 0 Å². The zero-order valence-electron chi connectivity index (χ0n) is 37.6. The maximum Gasteiger partial charge on any atom is 0.0547 e. The average molecular weight is 872 g/mol. The van der Waals surface area contributed by atoms with Crippen LogP contribution in [0.5, 0.6) is 0 Å². The number of benzene rings is 14. The average Bonchev–Trinajstić information content (AvgIpc) is 3.76. The molecule has 0 atom stereocenters. The highest BCUT2D eigenvalue weighted by Gasteiger charge is 2.20. The second kappa shape index (κ2) is 14.7. The van der Waals surface area contributed by atoms with Gasteiger partial charge in [0.15, 0.2) is 0 Å². The number of fused-ring (bicyclic) bond motifs is 13. The summed E-state index contributed by atoms with van der Waals surface area (Å²) in [4.78, 5) is 0. The standard InChI is InChI=1S/C68H41N/c1-2-14-44(15-3-1)65-59-20-10-11-21-60(59)66(61-31-27-51(41-62(61)65)47-22-23-48-34-45-16-4-5-17-46(45)35-53(48)36-47)52-25-24-49-38-55-40-56(30-26-50(55)37-54(49)39-52)69-63-32-28-42-12-6-8-18-57(42)67(63)68-58-19-9-7-13-43(58)29-33-64(68)69/h1-41H. The van der Waals surface area contributed by atoms with Gasteiger partial charge in [0.25, 0.3) is 0 Å².